The van der Waals surface area contributed by atoms with Gasteiger partial charge in [0.25, 0.3) is 0 Å². The maximum atomic E-state index is 9.88. The van der Waals surface area contributed by atoms with Crippen molar-refractivity contribution in [3.8, 4) is 0 Å². The molecule has 0 saturated heterocycles. The lowest BCUT2D eigenvalue weighted by Gasteiger charge is -2.19. The van der Waals surface area contributed by atoms with E-state index in [2.05, 4.69) is 24.1 Å². The first kappa shape index (κ1) is 14.6. The lowest BCUT2D eigenvalue weighted by Crippen LogP contribution is -2.24. The van der Waals surface area contributed by atoms with Gasteiger partial charge in [-0.1, -0.05) is 26.7 Å². The molecular formula is C12H26N2O. The topological polar surface area (TPSA) is 45.0 Å². The molecule has 1 N–H and O–H groups in total. The maximum absolute atomic E-state index is 9.88. The third-order valence-electron chi connectivity index (χ3n) is 2.12. The summed E-state index contributed by atoms with van der Waals surface area (Å²) in [7, 11) is 0. The minimum atomic E-state index is -0.332. The molecule has 15 heavy (non-hydrogen) atoms. The normalized spacial score (nSPS) is 16.9. The van der Waals surface area contributed by atoms with Crippen LogP contribution in [0.4, 0.5) is 0 Å². The highest BCUT2D eigenvalue weighted by molar-refractivity contribution is 4.76. The maximum Gasteiger partial charge on any atom is 0.0966 e. The number of aliphatic hydroxyl groups is 1. The Morgan fingerprint density at radius 1 is 1.07 bits per heavy atom. The van der Waals surface area contributed by atoms with Crippen molar-refractivity contribution in [2.75, 3.05) is 0 Å². The Morgan fingerprint density at radius 2 is 1.60 bits per heavy atom. The van der Waals surface area contributed by atoms with E-state index in [0.29, 0.717) is 0 Å². The fraction of sp³-hybridized carbons (Fsp3) is 1.00. The first-order chi connectivity index (χ1) is 6.90. The summed E-state index contributed by atoms with van der Waals surface area (Å²) in [5.74, 6) is 0. The first-order valence-corrected chi connectivity index (χ1v) is 6.00. The zero-order chi connectivity index (χ0) is 11.9. The summed E-state index contributed by atoms with van der Waals surface area (Å²) in [6.07, 6.45) is 3.43. The second-order valence-corrected chi connectivity index (χ2v) is 5.10. The fourth-order valence-electron chi connectivity index (χ4n) is 1.36. The summed E-state index contributed by atoms with van der Waals surface area (Å²) in [6.45, 7) is 10.2. The molecule has 0 aliphatic carbocycles. The second kappa shape index (κ2) is 6.94. The van der Waals surface area contributed by atoms with E-state index in [9.17, 15) is 5.11 Å². The SMILES string of the molecule is CCCC(O)C(CCC)N=NC(C)(C)C. The summed E-state index contributed by atoms with van der Waals surface area (Å²) in [4.78, 5) is 0. The molecule has 0 heterocycles. The molecular weight excluding hydrogens is 188 g/mol. The summed E-state index contributed by atoms with van der Waals surface area (Å²) >= 11 is 0. The van der Waals surface area contributed by atoms with Crippen molar-refractivity contribution in [2.24, 2.45) is 10.2 Å². The first-order valence-electron chi connectivity index (χ1n) is 6.00. The van der Waals surface area contributed by atoms with Crippen molar-refractivity contribution in [1.82, 2.24) is 0 Å². The van der Waals surface area contributed by atoms with Crippen molar-refractivity contribution in [2.45, 2.75) is 78.0 Å². The van der Waals surface area contributed by atoms with Gasteiger partial charge in [0.2, 0.25) is 0 Å². The molecule has 90 valence electrons. The number of hydrogen-bond donors (Lipinski definition) is 1. The van der Waals surface area contributed by atoms with Crippen LogP contribution in [0, 0.1) is 0 Å². The van der Waals surface area contributed by atoms with Crippen LogP contribution in [-0.2, 0) is 0 Å². The predicted octanol–water partition coefficient (Wildman–Crippen LogP) is 3.57. The number of aliphatic hydroxyl groups excluding tert-OH is 1. The van der Waals surface area contributed by atoms with Gasteiger partial charge in [-0.05, 0) is 33.6 Å². The van der Waals surface area contributed by atoms with Gasteiger partial charge in [0.1, 0.15) is 0 Å². The molecule has 3 heteroatoms. The van der Waals surface area contributed by atoms with Crippen LogP contribution in [-0.4, -0.2) is 22.8 Å². The van der Waals surface area contributed by atoms with Gasteiger partial charge in [-0.3, -0.25) is 0 Å². The van der Waals surface area contributed by atoms with Gasteiger partial charge in [0.05, 0.1) is 17.7 Å². The van der Waals surface area contributed by atoms with Gasteiger partial charge in [-0.2, -0.15) is 10.2 Å². The van der Waals surface area contributed by atoms with E-state index in [4.69, 9.17) is 0 Å². The highest BCUT2D eigenvalue weighted by atomic mass is 16.3. The van der Waals surface area contributed by atoms with E-state index in [1.54, 1.807) is 0 Å². The Kier molecular flexibility index (Phi) is 6.73. The van der Waals surface area contributed by atoms with Crippen LogP contribution in [0.15, 0.2) is 10.2 Å². The molecule has 3 nitrogen and oxygen atoms in total. The number of nitrogens with zero attached hydrogens (tertiary/aromatic N) is 2. The molecule has 0 aromatic heterocycles. The largest absolute Gasteiger partial charge is 0.391 e. The average Bonchev–Trinajstić information content (AvgIpc) is 2.11. The average molecular weight is 214 g/mol. The monoisotopic (exact) mass is 214 g/mol. The zero-order valence-electron chi connectivity index (χ0n) is 10.8. The van der Waals surface area contributed by atoms with E-state index >= 15 is 0 Å². The Morgan fingerprint density at radius 3 is 2.00 bits per heavy atom. The number of hydrogen-bond acceptors (Lipinski definition) is 3. The van der Waals surface area contributed by atoms with Gasteiger partial charge >= 0.3 is 0 Å². The summed E-state index contributed by atoms with van der Waals surface area (Å²) in [5.41, 5.74) is -0.141. The van der Waals surface area contributed by atoms with E-state index in [1.807, 2.05) is 20.8 Å². The molecule has 0 aliphatic rings. The lowest BCUT2D eigenvalue weighted by atomic mass is 10.0. The minimum Gasteiger partial charge on any atom is -0.391 e. The molecule has 2 atom stereocenters. The molecule has 0 aliphatic heterocycles. The lowest BCUT2D eigenvalue weighted by molar-refractivity contribution is 0.126. The quantitative estimate of drug-likeness (QED) is 0.675. The Balaban J connectivity index is 4.32. The van der Waals surface area contributed by atoms with Crippen molar-refractivity contribution in [3.05, 3.63) is 0 Å². The molecule has 0 rings (SSSR count). The van der Waals surface area contributed by atoms with Crippen LogP contribution in [0.1, 0.15) is 60.3 Å². The smallest absolute Gasteiger partial charge is 0.0966 e. The van der Waals surface area contributed by atoms with Gasteiger partial charge in [0.15, 0.2) is 0 Å². The fourth-order valence-corrected chi connectivity index (χ4v) is 1.36. The molecule has 0 amide bonds. The van der Waals surface area contributed by atoms with Crippen molar-refractivity contribution >= 4 is 0 Å². The second-order valence-electron chi connectivity index (χ2n) is 5.10. The summed E-state index contributed by atoms with van der Waals surface area (Å²) in [6, 6.07) is -0.0193. The van der Waals surface area contributed by atoms with E-state index in [0.717, 1.165) is 25.7 Å². The van der Waals surface area contributed by atoms with Crippen LogP contribution < -0.4 is 0 Å². The Bertz CT molecular complexity index is 185. The van der Waals surface area contributed by atoms with Gasteiger partial charge in [0, 0.05) is 0 Å². The van der Waals surface area contributed by atoms with Gasteiger partial charge in [-0.15, -0.1) is 0 Å². The summed E-state index contributed by atoms with van der Waals surface area (Å²) in [5, 5.41) is 18.4. The third kappa shape index (κ3) is 7.48. The van der Waals surface area contributed by atoms with Crippen LogP contribution in [0.3, 0.4) is 0 Å². The third-order valence-corrected chi connectivity index (χ3v) is 2.12. The molecule has 0 aromatic rings. The van der Waals surface area contributed by atoms with Crippen LogP contribution in [0.25, 0.3) is 0 Å². The zero-order valence-corrected chi connectivity index (χ0v) is 10.8. The molecule has 0 spiro atoms. The number of azo groups is 1. The van der Waals surface area contributed by atoms with Crippen molar-refractivity contribution in [3.63, 3.8) is 0 Å². The Labute approximate surface area is 94.0 Å². The highest BCUT2D eigenvalue weighted by Gasteiger charge is 2.18. The molecule has 0 bridgehead atoms. The van der Waals surface area contributed by atoms with Crippen molar-refractivity contribution < 1.29 is 5.11 Å². The van der Waals surface area contributed by atoms with E-state index in [1.165, 1.54) is 0 Å². The molecule has 0 fully saturated rings. The van der Waals surface area contributed by atoms with E-state index < -0.39 is 0 Å². The Hall–Kier alpha value is -0.440. The van der Waals surface area contributed by atoms with Crippen molar-refractivity contribution in [1.29, 1.82) is 0 Å². The van der Waals surface area contributed by atoms with Crippen LogP contribution >= 0.6 is 0 Å². The van der Waals surface area contributed by atoms with Gasteiger partial charge in [-0.25, -0.2) is 0 Å². The number of rotatable bonds is 6. The summed E-state index contributed by atoms with van der Waals surface area (Å²) < 4.78 is 0. The van der Waals surface area contributed by atoms with Gasteiger partial charge < -0.3 is 5.11 Å². The van der Waals surface area contributed by atoms with Crippen LogP contribution in [0.5, 0.6) is 0 Å². The standard InChI is InChI=1S/C12H26N2O/c1-6-8-10(11(15)9-7-2)13-14-12(3,4)5/h10-11,15H,6-9H2,1-5H3. The minimum absolute atomic E-state index is 0.0193. The molecule has 0 aromatic carbocycles. The molecule has 2 unspecified atom stereocenters. The molecule has 0 radical (unpaired) electrons. The van der Waals surface area contributed by atoms with E-state index in [-0.39, 0.29) is 17.7 Å². The highest BCUT2D eigenvalue weighted by Crippen LogP contribution is 2.15. The molecule has 0 saturated carbocycles. The predicted molar refractivity (Wildman–Crippen MR) is 64.2 cm³/mol. The van der Waals surface area contributed by atoms with Crippen LogP contribution in [0.2, 0.25) is 0 Å².